The molecule has 0 aliphatic rings. The van der Waals surface area contributed by atoms with Gasteiger partial charge < -0.3 is 5.11 Å². The number of nitriles is 1. The third kappa shape index (κ3) is 2.92. The number of nitrogens with zero attached hydrogens (tertiary/aromatic N) is 2. The maximum absolute atomic E-state index is 10.8. The van der Waals surface area contributed by atoms with E-state index < -0.39 is 17.3 Å². The Hall–Kier alpha value is -2.13. The third-order valence-corrected chi connectivity index (χ3v) is 2.40. The molecule has 0 saturated heterocycles. The van der Waals surface area contributed by atoms with Gasteiger partial charge >= 0.3 is 5.97 Å². The Morgan fingerprint density at radius 3 is 2.65 bits per heavy atom. The van der Waals surface area contributed by atoms with E-state index >= 15 is 0 Å². The van der Waals surface area contributed by atoms with Gasteiger partial charge in [0, 0.05) is 17.5 Å². The maximum Gasteiger partial charge on any atom is 0.308 e. The Labute approximate surface area is 101 Å². The first-order valence-electron chi connectivity index (χ1n) is 4.47. The summed E-state index contributed by atoms with van der Waals surface area (Å²) in [5, 5.41) is 28.2. The highest BCUT2D eigenvalue weighted by Crippen LogP contribution is 2.26. The molecule has 0 aromatic heterocycles. The number of nitro groups is 1. The molecule has 1 aromatic carbocycles. The van der Waals surface area contributed by atoms with Gasteiger partial charge in [-0.15, -0.1) is 11.6 Å². The molecule has 0 unspecified atom stereocenters. The number of halogens is 1. The van der Waals surface area contributed by atoms with Crippen molar-refractivity contribution in [1.29, 1.82) is 5.26 Å². The molecule has 0 bridgehead atoms. The van der Waals surface area contributed by atoms with E-state index in [0.29, 0.717) is 5.56 Å². The van der Waals surface area contributed by atoms with Gasteiger partial charge in [-0.3, -0.25) is 14.9 Å². The fourth-order valence-electron chi connectivity index (χ4n) is 1.42. The SMILES string of the molecule is N#Cc1cc(CCl)c(CC(=O)O)c([N+](=O)[O-])c1. The normalized spacial score (nSPS) is 9.65. The maximum atomic E-state index is 10.8. The second-order valence-electron chi connectivity index (χ2n) is 3.21. The Kier molecular flexibility index (Phi) is 4.01. The molecule has 6 nitrogen and oxygen atoms in total. The predicted molar refractivity (Wildman–Crippen MR) is 58.7 cm³/mol. The van der Waals surface area contributed by atoms with Crippen LogP contribution in [-0.4, -0.2) is 16.0 Å². The molecule has 88 valence electrons. The number of nitro benzene ring substituents is 1. The monoisotopic (exact) mass is 254 g/mol. The summed E-state index contributed by atoms with van der Waals surface area (Å²) in [4.78, 5) is 20.7. The minimum absolute atomic E-state index is 0.0384. The number of aliphatic carboxylic acids is 1. The van der Waals surface area contributed by atoms with Crippen molar-refractivity contribution in [1.82, 2.24) is 0 Å². The van der Waals surface area contributed by atoms with Crippen molar-refractivity contribution in [2.24, 2.45) is 0 Å². The Balaban J connectivity index is 3.47. The number of alkyl halides is 1. The molecule has 1 N–H and O–H groups in total. The van der Waals surface area contributed by atoms with Gasteiger partial charge in [-0.2, -0.15) is 5.26 Å². The second kappa shape index (κ2) is 5.27. The van der Waals surface area contributed by atoms with Crippen LogP contribution in [0, 0.1) is 21.4 Å². The third-order valence-electron chi connectivity index (χ3n) is 2.12. The van der Waals surface area contributed by atoms with Crippen molar-refractivity contribution in [3.8, 4) is 6.07 Å². The first-order chi connectivity index (χ1) is 7.99. The number of rotatable bonds is 4. The van der Waals surface area contributed by atoms with Crippen LogP contribution in [0.4, 0.5) is 5.69 Å². The number of carbonyl (C=O) groups is 1. The van der Waals surface area contributed by atoms with E-state index in [1.54, 1.807) is 6.07 Å². The largest absolute Gasteiger partial charge is 0.481 e. The van der Waals surface area contributed by atoms with Crippen molar-refractivity contribution in [2.75, 3.05) is 0 Å². The second-order valence-corrected chi connectivity index (χ2v) is 3.47. The Bertz CT molecular complexity index is 522. The zero-order valence-electron chi connectivity index (χ0n) is 8.51. The molecule has 0 fully saturated rings. The van der Waals surface area contributed by atoms with Crippen LogP contribution >= 0.6 is 11.6 Å². The highest BCUT2D eigenvalue weighted by Gasteiger charge is 2.21. The van der Waals surface area contributed by atoms with Crippen LogP contribution in [0.5, 0.6) is 0 Å². The topological polar surface area (TPSA) is 104 Å². The highest BCUT2D eigenvalue weighted by molar-refractivity contribution is 6.17. The van der Waals surface area contributed by atoms with Gasteiger partial charge in [0.1, 0.15) is 0 Å². The summed E-state index contributed by atoms with van der Waals surface area (Å²) in [7, 11) is 0. The quantitative estimate of drug-likeness (QED) is 0.501. The van der Waals surface area contributed by atoms with Crippen molar-refractivity contribution in [3.05, 3.63) is 38.9 Å². The lowest BCUT2D eigenvalue weighted by atomic mass is 10.0. The van der Waals surface area contributed by atoms with Crippen molar-refractivity contribution in [3.63, 3.8) is 0 Å². The van der Waals surface area contributed by atoms with Crippen LogP contribution in [0.15, 0.2) is 12.1 Å². The summed E-state index contributed by atoms with van der Waals surface area (Å²) in [6.07, 6.45) is -0.496. The van der Waals surface area contributed by atoms with E-state index in [0.717, 1.165) is 6.07 Å². The summed E-state index contributed by atoms with van der Waals surface area (Å²) >= 11 is 5.60. The fraction of sp³-hybridized carbons (Fsp3) is 0.200. The molecule has 0 heterocycles. The van der Waals surface area contributed by atoms with Gasteiger partial charge in [-0.05, 0) is 11.6 Å². The molecule has 0 spiro atoms. The van der Waals surface area contributed by atoms with Crippen LogP contribution in [0.25, 0.3) is 0 Å². The van der Waals surface area contributed by atoms with Crippen molar-refractivity contribution >= 4 is 23.3 Å². The smallest absolute Gasteiger partial charge is 0.308 e. The molecular formula is C10H7ClN2O4. The molecule has 1 rings (SSSR count). The van der Waals surface area contributed by atoms with Crippen LogP contribution in [0.1, 0.15) is 16.7 Å². The number of carboxylic acid groups (broad SMARTS) is 1. The van der Waals surface area contributed by atoms with Gasteiger partial charge in [-0.1, -0.05) is 0 Å². The van der Waals surface area contributed by atoms with E-state index in [1.807, 2.05) is 0 Å². The van der Waals surface area contributed by atoms with Gasteiger partial charge in [0.25, 0.3) is 5.69 Å². The summed E-state index contributed by atoms with van der Waals surface area (Å²) < 4.78 is 0. The molecule has 1 aromatic rings. The molecule has 0 saturated carbocycles. The molecular weight excluding hydrogens is 248 g/mol. The number of hydrogen-bond acceptors (Lipinski definition) is 4. The number of carboxylic acids is 1. The van der Waals surface area contributed by atoms with Crippen molar-refractivity contribution < 1.29 is 14.8 Å². The zero-order valence-corrected chi connectivity index (χ0v) is 9.27. The number of benzene rings is 1. The summed E-state index contributed by atoms with van der Waals surface area (Å²) in [5.74, 6) is -1.27. The first-order valence-corrected chi connectivity index (χ1v) is 5.01. The minimum Gasteiger partial charge on any atom is -0.481 e. The molecule has 0 atom stereocenters. The Morgan fingerprint density at radius 2 is 2.24 bits per heavy atom. The first kappa shape index (κ1) is 12.9. The predicted octanol–water partition coefficient (Wildman–Crippen LogP) is 1.83. The fourth-order valence-corrected chi connectivity index (χ4v) is 1.66. The lowest BCUT2D eigenvalue weighted by molar-refractivity contribution is -0.385. The molecule has 7 heteroatoms. The molecule has 0 aliphatic carbocycles. The molecule has 0 amide bonds. The number of hydrogen-bond donors (Lipinski definition) is 1. The van der Waals surface area contributed by atoms with Crippen LogP contribution < -0.4 is 0 Å². The van der Waals surface area contributed by atoms with Crippen LogP contribution in [-0.2, 0) is 17.1 Å². The lowest BCUT2D eigenvalue weighted by Gasteiger charge is -2.06. The van der Waals surface area contributed by atoms with Gasteiger partial charge in [-0.25, -0.2) is 0 Å². The molecule has 0 radical (unpaired) electrons. The standard InChI is InChI=1S/C10H7ClN2O4/c11-4-7-1-6(5-12)2-9(13(16)17)8(7)3-10(14)15/h1-2H,3-4H2,(H,14,15). The highest BCUT2D eigenvalue weighted by atomic mass is 35.5. The van der Waals surface area contributed by atoms with E-state index in [-0.39, 0.29) is 22.7 Å². The lowest BCUT2D eigenvalue weighted by Crippen LogP contribution is -2.07. The molecule has 0 aliphatic heterocycles. The molecule has 17 heavy (non-hydrogen) atoms. The Morgan fingerprint density at radius 1 is 1.59 bits per heavy atom. The van der Waals surface area contributed by atoms with Crippen molar-refractivity contribution in [2.45, 2.75) is 12.3 Å². The summed E-state index contributed by atoms with van der Waals surface area (Å²) in [5.41, 5.74) is 0.0277. The minimum atomic E-state index is -1.19. The van der Waals surface area contributed by atoms with E-state index in [4.69, 9.17) is 22.0 Å². The average Bonchev–Trinajstić information content (AvgIpc) is 2.28. The summed E-state index contributed by atoms with van der Waals surface area (Å²) in [6.45, 7) is 0. The van der Waals surface area contributed by atoms with Crippen LogP contribution in [0.3, 0.4) is 0 Å². The zero-order chi connectivity index (χ0) is 13.0. The van der Waals surface area contributed by atoms with E-state index in [2.05, 4.69) is 0 Å². The van der Waals surface area contributed by atoms with E-state index in [9.17, 15) is 14.9 Å². The van der Waals surface area contributed by atoms with Gasteiger partial charge in [0.05, 0.1) is 23.0 Å². The summed E-state index contributed by atoms with van der Waals surface area (Å²) in [6, 6.07) is 4.18. The average molecular weight is 255 g/mol. The van der Waals surface area contributed by atoms with E-state index in [1.165, 1.54) is 6.07 Å². The van der Waals surface area contributed by atoms with Gasteiger partial charge in [0.15, 0.2) is 0 Å². The van der Waals surface area contributed by atoms with Crippen LogP contribution in [0.2, 0.25) is 0 Å². The van der Waals surface area contributed by atoms with Gasteiger partial charge in [0.2, 0.25) is 0 Å².